The zero-order chi connectivity index (χ0) is 18.8. The number of aryl methyl sites for hydroxylation is 1. The van der Waals surface area contributed by atoms with Crippen LogP contribution in [0.4, 0.5) is 5.69 Å². The molecule has 1 amide bonds. The van der Waals surface area contributed by atoms with Gasteiger partial charge in [0.05, 0.1) is 5.25 Å². The molecule has 1 unspecified atom stereocenters. The molecule has 2 aromatic carbocycles. The lowest BCUT2D eigenvalue weighted by atomic mass is 10.0. The fraction of sp³-hybridized carbons (Fsp3) is 0.286. The summed E-state index contributed by atoms with van der Waals surface area (Å²) in [4.78, 5) is 15.0. The quantitative estimate of drug-likeness (QED) is 0.645. The van der Waals surface area contributed by atoms with Gasteiger partial charge in [0.2, 0.25) is 5.91 Å². The Labute approximate surface area is 163 Å². The van der Waals surface area contributed by atoms with Crippen molar-refractivity contribution in [1.29, 1.82) is 0 Å². The van der Waals surface area contributed by atoms with Gasteiger partial charge in [-0.15, -0.1) is 10.2 Å². The number of aromatic nitrogens is 3. The molecule has 5 nitrogen and oxygen atoms in total. The number of hydrogen-bond donors (Lipinski definition) is 0. The summed E-state index contributed by atoms with van der Waals surface area (Å²) < 4.78 is 1.95. The molecule has 27 heavy (non-hydrogen) atoms. The molecule has 0 fully saturated rings. The van der Waals surface area contributed by atoms with Crippen LogP contribution in [-0.4, -0.2) is 32.5 Å². The van der Waals surface area contributed by atoms with Gasteiger partial charge in [-0.3, -0.25) is 4.79 Å². The summed E-state index contributed by atoms with van der Waals surface area (Å²) in [6.45, 7) is 2.72. The van der Waals surface area contributed by atoms with Crippen LogP contribution in [0.25, 0.3) is 11.4 Å². The first-order chi connectivity index (χ1) is 13.1. The van der Waals surface area contributed by atoms with Crippen LogP contribution in [0.15, 0.2) is 59.8 Å². The van der Waals surface area contributed by atoms with E-state index in [4.69, 9.17) is 0 Å². The molecule has 1 aliphatic heterocycles. The van der Waals surface area contributed by atoms with Crippen LogP contribution in [0.5, 0.6) is 0 Å². The van der Waals surface area contributed by atoms with E-state index in [9.17, 15) is 4.79 Å². The van der Waals surface area contributed by atoms with Crippen molar-refractivity contribution in [3.05, 3.63) is 60.2 Å². The molecule has 0 saturated heterocycles. The second-order valence-corrected chi connectivity index (χ2v) is 8.02. The zero-order valence-electron chi connectivity index (χ0n) is 15.5. The van der Waals surface area contributed by atoms with E-state index in [-0.39, 0.29) is 11.2 Å². The van der Waals surface area contributed by atoms with E-state index in [1.165, 1.54) is 17.3 Å². The Morgan fingerprint density at radius 3 is 2.63 bits per heavy atom. The number of rotatable bonds is 4. The molecule has 1 aromatic heterocycles. The van der Waals surface area contributed by atoms with E-state index >= 15 is 0 Å². The molecule has 0 spiro atoms. The molecule has 6 heteroatoms. The number of hydrogen-bond acceptors (Lipinski definition) is 4. The summed E-state index contributed by atoms with van der Waals surface area (Å²) >= 11 is 1.46. The first kappa shape index (κ1) is 17.8. The maximum absolute atomic E-state index is 13.1. The van der Waals surface area contributed by atoms with Crippen molar-refractivity contribution in [1.82, 2.24) is 14.8 Å². The topological polar surface area (TPSA) is 51.0 Å². The maximum Gasteiger partial charge on any atom is 0.240 e. The second-order valence-electron chi connectivity index (χ2n) is 6.71. The molecule has 0 bridgehead atoms. The highest BCUT2D eigenvalue weighted by atomic mass is 32.2. The molecule has 4 rings (SSSR count). The Bertz CT molecular complexity index is 954. The molecule has 1 aliphatic rings. The number of anilines is 1. The van der Waals surface area contributed by atoms with E-state index in [1.807, 2.05) is 72.0 Å². The Morgan fingerprint density at radius 1 is 1.07 bits per heavy atom. The molecule has 1 atom stereocenters. The predicted molar refractivity (Wildman–Crippen MR) is 109 cm³/mol. The van der Waals surface area contributed by atoms with E-state index in [0.717, 1.165) is 41.6 Å². The van der Waals surface area contributed by atoms with Crippen LogP contribution in [0.2, 0.25) is 0 Å². The molecule has 0 N–H and O–H groups in total. The molecule has 0 saturated carbocycles. The van der Waals surface area contributed by atoms with Crippen LogP contribution in [-0.2, 0) is 18.3 Å². The highest BCUT2D eigenvalue weighted by Gasteiger charge is 2.28. The van der Waals surface area contributed by atoms with Gasteiger partial charge >= 0.3 is 0 Å². The lowest BCUT2D eigenvalue weighted by molar-refractivity contribution is -0.117. The van der Waals surface area contributed by atoms with E-state index < -0.39 is 0 Å². The third kappa shape index (κ3) is 3.49. The van der Waals surface area contributed by atoms with Crippen molar-refractivity contribution in [3.63, 3.8) is 0 Å². The van der Waals surface area contributed by atoms with Gasteiger partial charge < -0.3 is 9.47 Å². The van der Waals surface area contributed by atoms with Gasteiger partial charge in [0.25, 0.3) is 0 Å². The highest BCUT2D eigenvalue weighted by molar-refractivity contribution is 8.00. The fourth-order valence-corrected chi connectivity index (χ4v) is 4.32. The zero-order valence-corrected chi connectivity index (χ0v) is 16.3. The van der Waals surface area contributed by atoms with Gasteiger partial charge in [-0.1, -0.05) is 60.3 Å². The van der Waals surface area contributed by atoms with Crippen LogP contribution in [0, 0.1) is 0 Å². The minimum absolute atomic E-state index is 0.122. The number of carbonyl (C=O) groups is 1. The van der Waals surface area contributed by atoms with Gasteiger partial charge in [-0.05, 0) is 31.4 Å². The average Bonchev–Trinajstić information content (AvgIpc) is 3.08. The summed E-state index contributed by atoms with van der Waals surface area (Å²) in [6.07, 6.45) is 2.04. The molecular formula is C21H22N4OS. The first-order valence-corrected chi connectivity index (χ1v) is 10.0. The normalized spacial score (nSPS) is 14.7. The predicted octanol–water partition coefficient (Wildman–Crippen LogP) is 3.94. The maximum atomic E-state index is 13.1. The Hall–Kier alpha value is -2.60. The second kappa shape index (κ2) is 7.56. The number of nitrogens with zero attached hydrogens (tertiary/aromatic N) is 4. The minimum Gasteiger partial charge on any atom is -0.311 e. The number of thioether (sulfide) groups is 1. The summed E-state index contributed by atoms with van der Waals surface area (Å²) in [5, 5.41) is 9.14. The van der Waals surface area contributed by atoms with Gasteiger partial charge in [0, 0.05) is 24.8 Å². The number of para-hydroxylation sites is 1. The summed E-state index contributed by atoms with van der Waals surface area (Å²) in [5.74, 6) is 0.928. The average molecular weight is 379 g/mol. The summed E-state index contributed by atoms with van der Waals surface area (Å²) in [6, 6.07) is 18.2. The van der Waals surface area contributed by atoms with Crippen molar-refractivity contribution in [3.8, 4) is 11.4 Å². The Kier molecular flexibility index (Phi) is 4.99. The minimum atomic E-state index is -0.234. The monoisotopic (exact) mass is 378 g/mol. The third-order valence-corrected chi connectivity index (χ3v) is 5.99. The largest absolute Gasteiger partial charge is 0.311 e. The van der Waals surface area contributed by atoms with Crippen LogP contribution < -0.4 is 4.90 Å². The molecule has 0 aliphatic carbocycles. The van der Waals surface area contributed by atoms with E-state index in [2.05, 4.69) is 16.3 Å². The lowest BCUT2D eigenvalue weighted by Gasteiger charge is -2.31. The lowest BCUT2D eigenvalue weighted by Crippen LogP contribution is -2.40. The molecule has 3 aromatic rings. The molecule has 138 valence electrons. The number of fused-ring (bicyclic) bond motifs is 1. The summed E-state index contributed by atoms with van der Waals surface area (Å²) in [5.41, 5.74) is 3.31. The van der Waals surface area contributed by atoms with Crippen molar-refractivity contribution in [2.24, 2.45) is 7.05 Å². The van der Waals surface area contributed by atoms with Gasteiger partial charge in [0.1, 0.15) is 0 Å². The fourth-order valence-electron chi connectivity index (χ4n) is 3.45. The van der Waals surface area contributed by atoms with E-state index in [0.29, 0.717) is 0 Å². The van der Waals surface area contributed by atoms with Gasteiger partial charge in [-0.25, -0.2) is 0 Å². The number of benzene rings is 2. The van der Waals surface area contributed by atoms with Crippen molar-refractivity contribution in [2.45, 2.75) is 30.2 Å². The van der Waals surface area contributed by atoms with Crippen molar-refractivity contribution in [2.75, 3.05) is 11.4 Å². The Morgan fingerprint density at radius 2 is 1.81 bits per heavy atom. The highest BCUT2D eigenvalue weighted by Crippen LogP contribution is 2.31. The molecular weight excluding hydrogens is 356 g/mol. The Balaban J connectivity index is 1.53. The van der Waals surface area contributed by atoms with Gasteiger partial charge in [-0.2, -0.15) is 0 Å². The van der Waals surface area contributed by atoms with E-state index in [1.54, 1.807) is 0 Å². The molecule has 0 radical (unpaired) electrons. The SMILES string of the molecule is CC(Sc1nnc(-c2ccccc2)n1C)C(=O)N1CCCc2ccccc21. The van der Waals surface area contributed by atoms with Gasteiger partial charge in [0.15, 0.2) is 11.0 Å². The van der Waals surface area contributed by atoms with Crippen LogP contribution in [0.3, 0.4) is 0 Å². The van der Waals surface area contributed by atoms with Crippen molar-refractivity contribution >= 4 is 23.4 Å². The standard InChI is InChI=1S/C21H22N4OS/c1-15(20(26)25-14-8-12-16-9-6-7-13-18(16)25)27-21-23-22-19(24(21)2)17-10-4-3-5-11-17/h3-7,9-11,13,15H,8,12,14H2,1-2H3. The number of amides is 1. The number of carbonyl (C=O) groups excluding carboxylic acids is 1. The smallest absolute Gasteiger partial charge is 0.240 e. The van der Waals surface area contributed by atoms with Crippen LogP contribution >= 0.6 is 11.8 Å². The third-order valence-electron chi connectivity index (χ3n) is 4.87. The molecule has 2 heterocycles. The van der Waals surface area contributed by atoms with Crippen LogP contribution in [0.1, 0.15) is 18.9 Å². The van der Waals surface area contributed by atoms with Crippen molar-refractivity contribution < 1.29 is 4.79 Å². The summed E-state index contributed by atoms with van der Waals surface area (Å²) in [7, 11) is 1.94. The first-order valence-electron chi connectivity index (χ1n) is 9.16.